The fraction of sp³-hybridized carbons (Fsp3) is 0.138. The lowest BCUT2D eigenvalue weighted by Crippen LogP contribution is -2.54. The van der Waals surface area contributed by atoms with Gasteiger partial charge in [-0.05, 0) is 61.7 Å². The van der Waals surface area contributed by atoms with Crippen LogP contribution in [0.2, 0.25) is 0 Å². The van der Waals surface area contributed by atoms with E-state index < -0.39 is 17.8 Å². The molecule has 4 amide bonds. The molecule has 0 unspecified atom stereocenters. The van der Waals surface area contributed by atoms with Gasteiger partial charge in [-0.2, -0.15) is 0 Å². The monoisotopic (exact) mass is 463 g/mol. The maximum Gasteiger partial charge on any atom is 0.335 e. The molecule has 6 heteroatoms. The molecular formula is C29H25N3O3. The fourth-order valence-electron chi connectivity index (χ4n) is 4.73. The third-order valence-electron chi connectivity index (χ3n) is 6.32. The van der Waals surface area contributed by atoms with Crippen LogP contribution >= 0.6 is 0 Å². The Morgan fingerprint density at radius 2 is 1.49 bits per heavy atom. The Morgan fingerprint density at radius 3 is 2.20 bits per heavy atom. The Labute approximate surface area is 203 Å². The molecule has 4 aromatic rings. The molecule has 2 heterocycles. The van der Waals surface area contributed by atoms with Crippen molar-refractivity contribution in [2.24, 2.45) is 0 Å². The molecule has 5 rings (SSSR count). The van der Waals surface area contributed by atoms with E-state index >= 15 is 0 Å². The quantitative estimate of drug-likeness (QED) is 0.331. The van der Waals surface area contributed by atoms with Crippen LogP contribution in [0.1, 0.15) is 27.9 Å². The van der Waals surface area contributed by atoms with Crippen molar-refractivity contribution in [3.05, 3.63) is 106 Å². The molecular weight excluding hydrogens is 438 g/mol. The van der Waals surface area contributed by atoms with E-state index in [2.05, 4.69) is 22.0 Å². The maximum absolute atomic E-state index is 13.5. The van der Waals surface area contributed by atoms with Crippen molar-refractivity contribution in [2.45, 2.75) is 27.3 Å². The number of fused-ring (bicyclic) bond motifs is 1. The van der Waals surface area contributed by atoms with Crippen molar-refractivity contribution in [2.75, 3.05) is 4.90 Å². The summed E-state index contributed by atoms with van der Waals surface area (Å²) in [5, 5.41) is 3.27. The Kier molecular flexibility index (Phi) is 5.57. The zero-order valence-corrected chi connectivity index (χ0v) is 19.8. The number of aryl methyl sites for hydroxylation is 2. The summed E-state index contributed by atoms with van der Waals surface area (Å²) < 4.78 is 2.18. The molecule has 0 aliphatic carbocycles. The Hall–Kier alpha value is -4.45. The van der Waals surface area contributed by atoms with Crippen LogP contribution in [0.25, 0.3) is 17.0 Å². The predicted octanol–water partition coefficient (Wildman–Crippen LogP) is 5.28. The minimum absolute atomic E-state index is 0.0746. The SMILES string of the molecule is Cc1cc(C)cc(N2C(=O)NC(=O)/C(=C\c3c(C)n(Cc4ccccc4)c4ccccc34)C2=O)c1. The number of barbiturate groups is 1. The number of para-hydroxylation sites is 1. The van der Waals surface area contributed by atoms with Gasteiger partial charge in [-0.3, -0.25) is 14.9 Å². The number of hydrogen-bond donors (Lipinski definition) is 1. The molecule has 1 aliphatic heterocycles. The predicted molar refractivity (Wildman–Crippen MR) is 137 cm³/mol. The van der Waals surface area contributed by atoms with Crippen molar-refractivity contribution >= 4 is 40.5 Å². The molecule has 1 N–H and O–H groups in total. The number of urea groups is 1. The van der Waals surface area contributed by atoms with Gasteiger partial charge < -0.3 is 4.57 Å². The van der Waals surface area contributed by atoms with E-state index in [-0.39, 0.29) is 5.57 Å². The number of nitrogens with zero attached hydrogens (tertiary/aromatic N) is 2. The lowest BCUT2D eigenvalue weighted by molar-refractivity contribution is -0.122. The lowest BCUT2D eigenvalue weighted by atomic mass is 10.0. The molecule has 1 fully saturated rings. The number of amides is 4. The van der Waals surface area contributed by atoms with Gasteiger partial charge >= 0.3 is 6.03 Å². The number of nitrogens with one attached hydrogen (secondary N) is 1. The number of imide groups is 2. The van der Waals surface area contributed by atoms with Gasteiger partial charge in [0.2, 0.25) is 0 Å². The molecule has 3 aromatic carbocycles. The van der Waals surface area contributed by atoms with E-state index in [1.165, 1.54) is 0 Å². The molecule has 0 saturated carbocycles. The highest BCUT2D eigenvalue weighted by Gasteiger charge is 2.37. The highest BCUT2D eigenvalue weighted by molar-refractivity contribution is 6.39. The van der Waals surface area contributed by atoms with Gasteiger partial charge in [-0.15, -0.1) is 0 Å². The lowest BCUT2D eigenvalue weighted by Gasteiger charge is -2.27. The van der Waals surface area contributed by atoms with Gasteiger partial charge in [0.05, 0.1) is 5.69 Å². The summed E-state index contributed by atoms with van der Waals surface area (Å²) in [7, 11) is 0. The van der Waals surface area contributed by atoms with Crippen LogP contribution in [0, 0.1) is 20.8 Å². The van der Waals surface area contributed by atoms with E-state index in [0.717, 1.165) is 43.8 Å². The van der Waals surface area contributed by atoms with Crippen molar-refractivity contribution < 1.29 is 14.4 Å². The number of anilines is 1. The van der Waals surface area contributed by atoms with Crippen LogP contribution in [0.5, 0.6) is 0 Å². The summed E-state index contributed by atoms with van der Waals surface area (Å²) in [5.74, 6) is -1.33. The number of carbonyl (C=O) groups excluding carboxylic acids is 3. The first kappa shape index (κ1) is 22.3. The van der Waals surface area contributed by atoms with Crippen molar-refractivity contribution in [3.8, 4) is 0 Å². The molecule has 0 radical (unpaired) electrons. The average Bonchev–Trinajstić information content (AvgIpc) is 3.07. The topological polar surface area (TPSA) is 71.4 Å². The van der Waals surface area contributed by atoms with Gasteiger partial charge in [0.25, 0.3) is 11.8 Å². The van der Waals surface area contributed by atoms with E-state index in [9.17, 15) is 14.4 Å². The zero-order valence-electron chi connectivity index (χ0n) is 19.8. The molecule has 35 heavy (non-hydrogen) atoms. The minimum Gasteiger partial charge on any atom is -0.340 e. The number of carbonyl (C=O) groups is 3. The average molecular weight is 464 g/mol. The third kappa shape index (κ3) is 4.04. The summed E-state index contributed by atoms with van der Waals surface area (Å²) in [6.07, 6.45) is 1.61. The Balaban J connectivity index is 1.62. The molecule has 1 aliphatic rings. The Morgan fingerprint density at radius 1 is 0.829 bits per heavy atom. The van der Waals surface area contributed by atoms with E-state index in [1.54, 1.807) is 18.2 Å². The third-order valence-corrected chi connectivity index (χ3v) is 6.32. The first-order valence-corrected chi connectivity index (χ1v) is 11.4. The zero-order chi connectivity index (χ0) is 24.7. The molecule has 174 valence electrons. The largest absolute Gasteiger partial charge is 0.340 e. The molecule has 0 atom stereocenters. The van der Waals surface area contributed by atoms with E-state index in [4.69, 9.17) is 0 Å². The maximum atomic E-state index is 13.5. The summed E-state index contributed by atoms with van der Waals surface area (Å²) >= 11 is 0. The second-order valence-electron chi connectivity index (χ2n) is 8.89. The van der Waals surface area contributed by atoms with Crippen LogP contribution < -0.4 is 10.2 Å². The standard InChI is InChI=1S/C29H25N3O3/c1-18-13-19(2)15-22(14-18)32-28(34)25(27(33)30-29(32)35)16-24-20(3)31(17-21-9-5-4-6-10-21)26-12-8-7-11-23(24)26/h4-16H,17H2,1-3H3,(H,30,33,35)/b25-16+. The number of rotatable bonds is 4. The van der Waals surface area contributed by atoms with Gasteiger partial charge in [0.1, 0.15) is 5.57 Å². The van der Waals surface area contributed by atoms with Crippen molar-refractivity contribution in [1.82, 2.24) is 9.88 Å². The Bertz CT molecular complexity index is 1510. The summed E-state index contributed by atoms with van der Waals surface area (Å²) in [6, 6.07) is 22.8. The second-order valence-corrected chi connectivity index (χ2v) is 8.89. The van der Waals surface area contributed by atoms with Gasteiger partial charge in [-0.1, -0.05) is 54.6 Å². The molecule has 1 aromatic heterocycles. The fourth-order valence-corrected chi connectivity index (χ4v) is 4.73. The van der Waals surface area contributed by atoms with Gasteiger partial charge in [0, 0.05) is 28.7 Å². The number of aromatic nitrogens is 1. The highest BCUT2D eigenvalue weighted by Crippen LogP contribution is 2.31. The highest BCUT2D eigenvalue weighted by atomic mass is 16.2. The molecule has 1 saturated heterocycles. The van der Waals surface area contributed by atoms with E-state index in [1.807, 2.05) is 69.3 Å². The van der Waals surface area contributed by atoms with Gasteiger partial charge in [-0.25, -0.2) is 9.69 Å². The van der Waals surface area contributed by atoms with Crippen molar-refractivity contribution in [1.29, 1.82) is 0 Å². The van der Waals surface area contributed by atoms with Crippen LogP contribution in [-0.2, 0) is 16.1 Å². The van der Waals surface area contributed by atoms with Crippen LogP contribution in [-0.4, -0.2) is 22.4 Å². The molecule has 0 spiro atoms. The van der Waals surface area contributed by atoms with Crippen LogP contribution in [0.4, 0.5) is 10.5 Å². The first-order valence-electron chi connectivity index (χ1n) is 11.4. The second kappa shape index (κ2) is 8.72. The van der Waals surface area contributed by atoms with Crippen LogP contribution in [0.15, 0.2) is 78.4 Å². The minimum atomic E-state index is -0.745. The van der Waals surface area contributed by atoms with Gasteiger partial charge in [0.15, 0.2) is 0 Å². The number of hydrogen-bond acceptors (Lipinski definition) is 3. The smallest absolute Gasteiger partial charge is 0.335 e. The molecule has 0 bridgehead atoms. The number of benzene rings is 3. The summed E-state index contributed by atoms with van der Waals surface area (Å²) in [6.45, 7) is 6.43. The summed E-state index contributed by atoms with van der Waals surface area (Å²) in [5.41, 5.74) is 6.06. The van der Waals surface area contributed by atoms with Crippen LogP contribution in [0.3, 0.4) is 0 Å². The first-order chi connectivity index (χ1) is 16.8. The summed E-state index contributed by atoms with van der Waals surface area (Å²) in [4.78, 5) is 40.0. The van der Waals surface area contributed by atoms with E-state index in [0.29, 0.717) is 12.2 Å². The molecule has 6 nitrogen and oxygen atoms in total. The van der Waals surface area contributed by atoms with Crippen molar-refractivity contribution in [3.63, 3.8) is 0 Å². The normalized spacial score (nSPS) is 15.2.